The summed E-state index contributed by atoms with van der Waals surface area (Å²) in [5.74, 6) is -0.651. The second-order valence-electron chi connectivity index (χ2n) is 6.00. The van der Waals surface area contributed by atoms with Crippen LogP contribution in [0.4, 0.5) is 9.18 Å². The maximum absolute atomic E-state index is 12.9. The summed E-state index contributed by atoms with van der Waals surface area (Å²) >= 11 is 0. The molecule has 3 N–H and O–H groups in total. The largest absolute Gasteiger partial charge is 0.481 e. The lowest BCUT2D eigenvalue weighted by atomic mass is 9.82. The summed E-state index contributed by atoms with van der Waals surface area (Å²) in [7, 11) is 0. The van der Waals surface area contributed by atoms with Gasteiger partial charge in [0.2, 0.25) is 0 Å². The molecule has 2 amide bonds. The maximum Gasteiger partial charge on any atom is 0.315 e. The second-order valence-corrected chi connectivity index (χ2v) is 6.00. The summed E-state index contributed by atoms with van der Waals surface area (Å²) < 4.78 is 12.9. The van der Waals surface area contributed by atoms with Crippen LogP contribution < -0.4 is 10.6 Å². The molecule has 5 nitrogen and oxygen atoms in total. The molecule has 0 aliphatic heterocycles. The van der Waals surface area contributed by atoms with Crippen LogP contribution in [0, 0.1) is 5.82 Å². The van der Waals surface area contributed by atoms with Crippen LogP contribution in [0.5, 0.6) is 0 Å². The summed E-state index contributed by atoms with van der Waals surface area (Å²) in [6.07, 6.45) is 4.21. The molecular formula is C17H23FN2O3. The minimum Gasteiger partial charge on any atom is -0.481 e. The Kier molecular flexibility index (Phi) is 6.38. The Labute approximate surface area is 135 Å². The number of halogens is 1. The van der Waals surface area contributed by atoms with Gasteiger partial charge in [-0.25, -0.2) is 9.18 Å². The van der Waals surface area contributed by atoms with E-state index in [1.807, 2.05) is 12.1 Å². The number of rotatable bonds is 6. The van der Waals surface area contributed by atoms with Crippen LogP contribution in [0.15, 0.2) is 24.3 Å². The van der Waals surface area contributed by atoms with Crippen molar-refractivity contribution in [1.29, 1.82) is 0 Å². The topological polar surface area (TPSA) is 78.4 Å². The van der Waals surface area contributed by atoms with Crippen LogP contribution in [-0.2, 0) is 4.79 Å². The Bertz CT molecular complexity index is 525. The van der Waals surface area contributed by atoms with Gasteiger partial charge in [-0.1, -0.05) is 12.1 Å². The lowest BCUT2D eigenvalue weighted by molar-refractivity contribution is -0.137. The van der Waals surface area contributed by atoms with Gasteiger partial charge >= 0.3 is 12.0 Å². The van der Waals surface area contributed by atoms with E-state index in [9.17, 15) is 14.0 Å². The Hall–Kier alpha value is -2.11. The molecule has 0 radical (unpaired) electrons. The molecule has 0 atom stereocenters. The molecule has 126 valence electrons. The molecule has 0 heterocycles. The van der Waals surface area contributed by atoms with Crippen molar-refractivity contribution in [3.8, 4) is 0 Å². The number of carboxylic acids is 1. The van der Waals surface area contributed by atoms with E-state index in [-0.39, 0.29) is 24.3 Å². The molecule has 1 aromatic rings. The van der Waals surface area contributed by atoms with Gasteiger partial charge in [0.15, 0.2) is 0 Å². The second kappa shape index (κ2) is 8.50. The molecule has 6 heteroatoms. The minimum absolute atomic E-state index is 0.0586. The van der Waals surface area contributed by atoms with Crippen molar-refractivity contribution in [2.75, 3.05) is 6.54 Å². The molecule has 0 spiro atoms. The van der Waals surface area contributed by atoms with Gasteiger partial charge in [-0.2, -0.15) is 0 Å². The van der Waals surface area contributed by atoms with Crippen molar-refractivity contribution < 1.29 is 19.1 Å². The van der Waals surface area contributed by atoms with Crippen molar-refractivity contribution in [2.24, 2.45) is 0 Å². The van der Waals surface area contributed by atoms with Crippen LogP contribution in [0.2, 0.25) is 0 Å². The monoisotopic (exact) mass is 322 g/mol. The molecule has 1 aliphatic carbocycles. The standard InChI is InChI=1S/C17H23FN2O3/c18-14-7-3-12(4-8-14)13-5-9-15(10-6-13)20-17(23)19-11-1-2-16(21)22/h3-4,7-8,13,15H,1-2,5-6,9-11H2,(H,21,22)(H2,19,20,23). The third-order valence-corrected chi connectivity index (χ3v) is 4.26. The van der Waals surface area contributed by atoms with E-state index in [0.29, 0.717) is 18.9 Å². The van der Waals surface area contributed by atoms with Crippen molar-refractivity contribution in [3.63, 3.8) is 0 Å². The van der Waals surface area contributed by atoms with E-state index >= 15 is 0 Å². The molecule has 1 aromatic carbocycles. The smallest absolute Gasteiger partial charge is 0.315 e. The molecule has 1 aliphatic rings. The number of carbonyl (C=O) groups is 2. The molecular weight excluding hydrogens is 299 g/mol. The van der Waals surface area contributed by atoms with Crippen LogP contribution in [0.25, 0.3) is 0 Å². The van der Waals surface area contributed by atoms with E-state index < -0.39 is 5.97 Å². The number of urea groups is 1. The fraction of sp³-hybridized carbons (Fsp3) is 0.529. The van der Waals surface area contributed by atoms with Gasteiger partial charge in [0, 0.05) is 19.0 Å². The first-order valence-electron chi connectivity index (χ1n) is 8.06. The number of amides is 2. The lowest BCUT2D eigenvalue weighted by Gasteiger charge is -2.29. The number of carboxylic acid groups (broad SMARTS) is 1. The Morgan fingerprint density at radius 2 is 1.78 bits per heavy atom. The molecule has 0 unspecified atom stereocenters. The van der Waals surface area contributed by atoms with E-state index in [1.54, 1.807) is 0 Å². The van der Waals surface area contributed by atoms with Gasteiger partial charge in [0.05, 0.1) is 0 Å². The summed E-state index contributed by atoms with van der Waals surface area (Å²) in [6.45, 7) is 0.364. The van der Waals surface area contributed by atoms with Gasteiger partial charge in [0.25, 0.3) is 0 Å². The molecule has 2 rings (SSSR count). The minimum atomic E-state index is -0.855. The first-order valence-corrected chi connectivity index (χ1v) is 8.06. The number of carbonyl (C=O) groups excluding carboxylic acids is 1. The average molecular weight is 322 g/mol. The highest BCUT2D eigenvalue weighted by Gasteiger charge is 2.23. The van der Waals surface area contributed by atoms with Gasteiger partial charge in [-0.05, 0) is 55.7 Å². The summed E-state index contributed by atoms with van der Waals surface area (Å²) in [5.41, 5.74) is 1.16. The van der Waals surface area contributed by atoms with E-state index in [4.69, 9.17) is 5.11 Å². The highest BCUT2D eigenvalue weighted by Crippen LogP contribution is 2.32. The predicted molar refractivity (Wildman–Crippen MR) is 84.8 cm³/mol. The summed E-state index contributed by atoms with van der Waals surface area (Å²) in [6, 6.07) is 6.56. The zero-order valence-electron chi connectivity index (χ0n) is 13.1. The van der Waals surface area contributed by atoms with E-state index in [0.717, 1.165) is 31.2 Å². The lowest BCUT2D eigenvalue weighted by Crippen LogP contribution is -2.43. The van der Waals surface area contributed by atoms with Crippen molar-refractivity contribution in [2.45, 2.75) is 50.5 Å². The maximum atomic E-state index is 12.9. The number of nitrogens with one attached hydrogen (secondary N) is 2. The van der Waals surface area contributed by atoms with Gasteiger partial charge in [-0.3, -0.25) is 4.79 Å². The molecule has 0 aromatic heterocycles. The zero-order chi connectivity index (χ0) is 16.7. The van der Waals surface area contributed by atoms with Crippen LogP contribution in [-0.4, -0.2) is 29.7 Å². The Balaban J connectivity index is 1.67. The Morgan fingerprint density at radius 1 is 1.13 bits per heavy atom. The summed E-state index contributed by atoms with van der Waals surface area (Å²) in [5, 5.41) is 14.1. The van der Waals surface area contributed by atoms with Crippen molar-refractivity contribution in [3.05, 3.63) is 35.6 Å². The number of hydrogen-bond donors (Lipinski definition) is 3. The fourth-order valence-corrected chi connectivity index (χ4v) is 2.98. The highest BCUT2D eigenvalue weighted by atomic mass is 19.1. The number of hydrogen-bond acceptors (Lipinski definition) is 2. The van der Waals surface area contributed by atoms with Gasteiger partial charge in [-0.15, -0.1) is 0 Å². The van der Waals surface area contributed by atoms with Crippen LogP contribution >= 0.6 is 0 Å². The zero-order valence-corrected chi connectivity index (χ0v) is 13.1. The van der Waals surface area contributed by atoms with Crippen molar-refractivity contribution in [1.82, 2.24) is 10.6 Å². The third-order valence-electron chi connectivity index (χ3n) is 4.26. The quantitative estimate of drug-likeness (QED) is 0.705. The first-order chi connectivity index (χ1) is 11.0. The number of aliphatic carboxylic acids is 1. The Morgan fingerprint density at radius 3 is 2.39 bits per heavy atom. The number of benzene rings is 1. The normalized spacial score (nSPS) is 20.7. The molecule has 1 fully saturated rings. The van der Waals surface area contributed by atoms with E-state index in [2.05, 4.69) is 10.6 Å². The molecule has 23 heavy (non-hydrogen) atoms. The first kappa shape index (κ1) is 17.2. The SMILES string of the molecule is O=C(O)CCCNC(=O)NC1CCC(c2ccc(F)cc2)CC1. The van der Waals surface area contributed by atoms with Crippen molar-refractivity contribution >= 4 is 12.0 Å². The summed E-state index contributed by atoms with van der Waals surface area (Å²) in [4.78, 5) is 22.1. The highest BCUT2D eigenvalue weighted by molar-refractivity contribution is 5.74. The van der Waals surface area contributed by atoms with Crippen LogP contribution in [0.1, 0.15) is 50.0 Å². The van der Waals surface area contributed by atoms with Gasteiger partial charge < -0.3 is 15.7 Å². The predicted octanol–water partition coefficient (Wildman–Crippen LogP) is 3.02. The molecule has 1 saturated carbocycles. The molecule has 0 bridgehead atoms. The van der Waals surface area contributed by atoms with Gasteiger partial charge in [0.1, 0.15) is 5.82 Å². The molecule has 0 saturated heterocycles. The average Bonchev–Trinajstić information content (AvgIpc) is 2.53. The third kappa shape index (κ3) is 5.88. The van der Waals surface area contributed by atoms with E-state index in [1.165, 1.54) is 12.1 Å². The van der Waals surface area contributed by atoms with Crippen LogP contribution in [0.3, 0.4) is 0 Å². The fourth-order valence-electron chi connectivity index (χ4n) is 2.98.